The number of carbonyl (C=O) groups is 1. The minimum atomic E-state index is -0.964. The van der Waals surface area contributed by atoms with E-state index in [1.54, 1.807) is 7.05 Å². The van der Waals surface area contributed by atoms with E-state index in [1.165, 1.54) is 6.08 Å². The Kier molecular flexibility index (Phi) is 11.4. The molecule has 0 aromatic carbocycles. The average molecular weight is 233 g/mol. The zero-order valence-corrected chi connectivity index (χ0v) is 9.48. The van der Waals surface area contributed by atoms with Gasteiger partial charge in [0, 0.05) is 12.7 Å². The molecule has 0 aromatic rings. The Hall–Kier alpha value is -0.950. The first-order valence-electron chi connectivity index (χ1n) is 5.04. The van der Waals surface area contributed by atoms with Crippen LogP contribution in [0, 0.1) is 0 Å². The van der Waals surface area contributed by atoms with Gasteiger partial charge in [-0.05, 0) is 13.5 Å². The summed E-state index contributed by atoms with van der Waals surface area (Å²) in [6.07, 6.45) is 3.27. The molecule has 0 heterocycles. The molecule has 0 spiro atoms. The van der Waals surface area contributed by atoms with Crippen LogP contribution in [0.25, 0.3) is 0 Å². The van der Waals surface area contributed by atoms with Crippen molar-refractivity contribution in [1.82, 2.24) is 5.32 Å². The highest BCUT2D eigenvalue weighted by atomic mass is 16.7. The van der Waals surface area contributed by atoms with Gasteiger partial charge in [-0.15, -0.1) is 0 Å². The molecule has 0 saturated carbocycles. The summed E-state index contributed by atoms with van der Waals surface area (Å²) in [5.41, 5.74) is 0. The van der Waals surface area contributed by atoms with Gasteiger partial charge < -0.3 is 19.3 Å². The third-order valence-electron chi connectivity index (χ3n) is 1.46. The number of hydrogen-bond donors (Lipinski definition) is 2. The summed E-state index contributed by atoms with van der Waals surface area (Å²) in [5.74, 6) is -0.964. The van der Waals surface area contributed by atoms with Crippen LogP contribution in [0.1, 0.15) is 6.42 Å². The van der Waals surface area contributed by atoms with Gasteiger partial charge in [-0.3, -0.25) is 5.32 Å². The minimum absolute atomic E-state index is 0.264. The van der Waals surface area contributed by atoms with Crippen molar-refractivity contribution >= 4 is 5.97 Å². The van der Waals surface area contributed by atoms with Crippen LogP contribution < -0.4 is 5.32 Å². The molecule has 2 N–H and O–H groups in total. The van der Waals surface area contributed by atoms with E-state index in [-0.39, 0.29) is 6.79 Å². The summed E-state index contributed by atoms with van der Waals surface area (Å²) in [4.78, 5) is 10.1. The number of hydrogen-bond acceptors (Lipinski definition) is 5. The Balaban J connectivity index is 3.01. The summed E-state index contributed by atoms with van der Waals surface area (Å²) < 4.78 is 15.3. The van der Waals surface area contributed by atoms with Crippen molar-refractivity contribution in [3.63, 3.8) is 0 Å². The van der Waals surface area contributed by atoms with E-state index >= 15 is 0 Å². The van der Waals surface area contributed by atoms with Crippen LogP contribution in [-0.4, -0.2) is 51.5 Å². The van der Waals surface area contributed by atoms with Crippen LogP contribution in [0.3, 0.4) is 0 Å². The molecule has 0 saturated heterocycles. The molecule has 0 aliphatic heterocycles. The molecule has 6 heteroatoms. The molecule has 16 heavy (non-hydrogen) atoms. The van der Waals surface area contributed by atoms with Gasteiger partial charge in [-0.2, -0.15) is 0 Å². The second kappa shape index (κ2) is 12.1. The summed E-state index contributed by atoms with van der Waals surface area (Å²) in [7, 11) is 1.79. The van der Waals surface area contributed by atoms with Crippen LogP contribution in [0.4, 0.5) is 0 Å². The quantitative estimate of drug-likeness (QED) is 0.301. The maximum absolute atomic E-state index is 10.1. The predicted octanol–water partition coefficient (Wildman–Crippen LogP) is 0.202. The van der Waals surface area contributed by atoms with E-state index in [2.05, 4.69) is 5.32 Å². The van der Waals surface area contributed by atoms with E-state index in [0.717, 1.165) is 12.5 Å². The van der Waals surface area contributed by atoms with Crippen molar-refractivity contribution in [3.05, 3.63) is 12.2 Å². The Bertz CT molecular complexity index is 196. The lowest BCUT2D eigenvalue weighted by Gasteiger charge is -2.04. The highest BCUT2D eigenvalue weighted by molar-refractivity contribution is 5.79. The Labute approximate surface area is 95.2 Å². The fourth-order valence-electron chi connectivity index (χ4n) is 0.825. The van der Waals surface area contributed by atoms with Crippen LogP contribution in [0.15, 0.2) is 12.2 Å². The van der Waals surface area contributed by atoms with Crippen molar-refractivity contribution in [3.8, 4) is 0 Å². The van der Waals surface area contributed by atoms with Gasteiger partial charge in [0.05, 0.1) is 19.9 Å². The lowest BCUT2D eigenvalue weighted by Crippen LogP contribution is -2.14. The molecule has 0 amide bonds. The van der Waals surface area contributed by atoms with Crippen LogP contribution in [0.2, 0.25) is 0 Å². The summed E-state index contributed by atoms with van der Waals surface area (Å²) >= 11 is 0. The molecular weight excluding hydrogens is 214 g/mol. The van der Waals surface area contributed by atoms with E-state index in [0.29, 0.717) is 26.6 Å². The third kappa shape index (κ3) is 13.1. The second-order valence-electron chi connectivity index (χ2n) is 2.90. The fraction of sp³-hybridized carbons (Fsp3) is 0.700. The maximum atomic E-state index is 10.1. The first-order valence-corrected chi connectivity index (χ1v) is 5.04. The topological polar surface area (TPSA) is 77.0 Å². The molecular formula is C10H19NO5. The third-order valence-corrected chi connectivity index (χ3v) is 1.46. The highest BCUT2D eigenvalue weighted by Gasteiger charge is 1.90. The first kappa shape index (κ1) is 15.0. The normalized spacial score (nSPS) is 11.1. The van der Waals surface area contributed by atoms with Gasteiger partial charge in [0.25, 0.3) is 0 Å². The van der Waals surface area contributed by atoms with E-state index in [9.17, 15) is 4.79 Å². The van der Waals surface area contributed by atoms with Gasteiger partial charge in [0.15, 0.2) is 0 Å². The number of ether oxygens (including phenoxy) is 3. The number of carboxylic acids is 1. The number of carboxylic acid groups (broad SMARTS) is 1. The zero-order valence-electron chi connectivity index (χ0n) is 9.48. The molecule has 0 bridgehead atoms. The Morgan fingerprint density at radius 1 is 1.31 bits per heavy atom. The summed E-state index contributed by atoms with van der Waals surface area (Å²) in [5, 5.41) is 11.1. The lowest BCUT2D eigenvalue weighted by atomic mass is 10.5. The van der Waals surface area contributed by atoms with Gasteiger partial charge in [-0.25, -0.2) is 4.79 Å². The van der Waals surface area contributed by atoms with E-state index in [4.69, 9.17) is 19.3 Å². The monoisotopic (exact) mass is 233 g/mol. The van der Waals surface area contributed by atoms with Crippen LogP contribution in [0.5, 0.6) is 0 Å². The highest BCUT2D eigenvalue weighted by Crippen LogP contribution is 1.86. The summed E-state index contributed by atoms with van der Waals surface area (Å²) in [6, 6.07) is 0. The molecule has 6 nitrogen and oxygen atoms in total. The first-order chi connectivity index (χ1) is 7.77. The number of nitrogens with one attached hydrogen (secondary N) is 1. The molecule has 0 unspecified atom stereocenters. The minimum Gasteiger partial charge on any atom is -0.478 e. The largest absolute Gasteiger partial charge is 0.478 e. The van der Waals surface area contributed by atoms with Gasteiger partial charge in [-0.1, -0.05) is 6.08 Å². The average Bonchev–Trinajstić information content (AvgIpc) is 2.25. The lowest BCUT2D eigenvalue weighted by molar-refractivity contribution is -0.131. The van der Waals surface area contributed by atoms with Gasteiger partial charge in [0.1, 0.15) is 6.79 Å². The Morgan fingerprint density at radius 2 is 2.06 bits per heavy atom. The molecule has 0 fully saturated rings. The van der Waals surface area contributed by atoms with Crippen molar-refractivity contribution in [1.29, 1.82) is 0 Å². The maximum Gasteiger partial charge on any atom is 0.328 e. The van der Waals surface area contributed by atoms with Crippen molar-refractivity contribution in [2.75, 3.05) is 40.4 Å². The Morgan fingerprint density at radius 3 is 2.75 bits per heavy atom. The predicted molar refractivity (Wildman–Crippen MR) is 58.0 cm³/mol. The molecule has 0 aliphatic carbocycles. The number of aliphatic carboxylic acids is 1. The summed E-state index contributed by atoms with van der Waals surface area (Å²) in [6.45, 7) is 2.14. The molecule has 0 atom stereocenters. The second-order valence-corrected chi connectivity index (χ2v) is 2.90. The molecule has 94 valence electrons. The smallest absolute Gasteiger partial charge is 0.328 e. The van der Waals surface area contributed by atoms with E-state index in [1.807, 2.05) is 0 Å². The van der Waals surface area contributed by atoms with Crippen molar-refractivity contribution < 1.29 is 24.1 Å². The van der Waals surface area contributed by atoms with E-state index < -0.39 is 5.97 Å². The SMILES string of the molecule is CNCOCOCCCOC/C=C/C(=O)O. The van der Waals surface area contributed by atoms with Crippen molar-refractivity contribution in [2.24, 2.45) is 0 Å². The van der Waals surface area contributed by atoms with Crippen molar-refractivity contribution in [2.45, 2.75) is 6.42 Å². The molecule has 0 rings (SSSR count). The van der Waals surface area contributed by atoms with Gasteiger partial charge in [0.2, 0.25) is 0 Å². The number of rotatable bonds is 11. The molecule has 0 radical (unpaired) electrons. The van der Waals surface area contributed by atoms with Gasteiger partial charge >= 0.3 is 5.97 Å². The van der Waals surface area contributed by atoms with Crippen LogP contribution >= 0.6 is 0 Å². The van der Waals surface area contributed by atoms with Crippen LogP contribution in [-0.2, 0) is 19.0 Å². The zero-order chi connectivity index (χ0) is 12.1. The molecule has 0 aromatic heterocycles. The molecule has 0 aliphatic rings. The fourth-order valence-corrected chi connectivity index (χ4v) is 0.825. The standard InChI is InChI=1S/C10H19NO5/c1-11-8-16-9-15-7-3-6-14-5-2-4-10(12)13/h2,4,11H,3,5-9H2,1H3,(H,12,13)/b4-2+.